The maximum Gasteiger partial charge on any atom is 0.354 e. The first-order valence-electron chi connectivity index (χ1n) is 4.21. The second-order valence-corrected chi connectivity index (χ2v) is 2.97. The fourth-order valence-corrected chi connectivity index (χ4v) is 1.31. The summed E-state index contributed by atoms with van der Waals surface area (Å²) >= 11 is 0. The smallest absolute Gasteiger partial charge is 0.354 e. The Bertz CT molecular complexity index is 333. The lowest BCUT2D eigenvalue weighted by Gasteiger charge is -2.11. The van der Waals surface area contributed by atoms with Gasteiger partial charge in [-0.05, 0) is 19.1 Å². The third kappa shape index (κ3) is 1.78. The Balaban J connectivity index is 3.02. The lowest BCUT2D eigenvalue weighted by molar-refractivity contribution is 0.0564. The Labute approximate surface area is 82.4 Å². The van der Waals surface area contributed by atoms with E-state index < -0.39 is 0 Å². The monoisotopic (exact) mass is 198 g/mol. The molecule has 14 heavy (non-hydrogen) atoms. The Hall–Kier alpha value is -1.33. The fourth-order valence-electron chi connectivity index (χ4n) is 1.31. The van der Waals surface area contributed by atoms with Gasteiger partial charge < -0.3 is 9.30 Å². The highest BCUT2D eigenvalue weighted by atomic mass is 16.6. The van der Waals surface area contributed by atoms with Gasteiger partial charge in [0.2, 0.25) is 0 Å². The molecule has 2 N–H and O–H groups in total. The molecule has 1 aromatic rings. The van der Waals surface area contributed by atoms with Gasteiger partial charge in [0.15, 0.2) is 0 Å². The van der Waals surface area contributed by atoms with Crippen LogP contribution in [0.25, 0.3) is 0 Å². The minimum atomic E-state index is -0.372. The van der Waals surface area contributed by atoms with Crippen LogP contribution in [0.3, 0.4) is 0 Å². The Kier molecular flexibility index (Phi) is 3.27. The number of hydrogen-bond donors (Lipinski definition) is 1. The van der Waals surface area contributed by atoms with Crippen LogP contribution < -0.4 is 5.90 Å². The molecule has 0 saturated heterocycles. The first-order valence-corrected chi connectivity index (χ1v) is 4.21. The predicted octanol–water partition coefficient (Wildman–Crippen LogP) is 0.763. The predicted molar refractivity (Wildman–Crippen MR) is 50.4 cm³/mol. The van der Waals surface area contributed by atoms with Crippen molar-refractivity contribution in [1.29, 1.82) is 0 Å². The number of aromatic nitrogens is 1. The minimum absolute atomic E-state index is 0.251. The van der Waals surface area contributed by atoms with E-state index >= 15 is 0 Å². The van der Waals surface area contributed by atoms with Crippen molar-refractivity contribution in [3.05, 3.63) is 23.5 Å². The molecule has 0 spiro atoms. The molecule has 1 unspecified atom stereocenters. The summed E-state index contributed by atoms with van der Waals surface area (Å²) in [5.74, 6) is 4.69. The zero-order valence-electron chi connectivity index (χ0n) is 8.48. The summed E-state index contributed by atoms with van der Waals surface area (Å²) in [6.45, 7) is 1.80. The van der Waals surface area contributed by atoms with Crippen molar-refractivity contribution >= 4 is 5.97 Å². The van der Waals surface area contributed by atoms with Crippen molar-refractivity contribution < 1.29 is 14.4 Å². The number of rotatable bonds is 3. The number of carbonyl (C=O) groups is 1. The van der Waals surface area contributed by atoms with Gasteiger partial charge in [-0.2, -0.15) is 0 Å². The lowest BCUT2D eigenvalue weighted by Crippen LogP contribution is -2.13. The van der Waals surface area contributed by atoms with Gasteiger partial charge in [0.1, 0.15) is 11.8 Å². The third-order valence-corrected chi connectivity index (χ3v) is 2.18. The van der Waals surface area contributed by atoms with E-state index in [0.717, 1.165) is 5.69 Å². The molecule has 0 aliphatic rings. The zero-order chi connectivity index (χ0) is 10.7. The Morgan fingerprint density at radius 3 is 2.71 bits per heavy atom. The molecule has 0 fully saturated rings. The van der Waals surface area contributed by atoms with Crippen molar-refractivity contribution in [2.75, 3.05) is 7.11 Å². The van der Waals surface area contributed by atoms with Crippen LogP contribution in [-0.2, 0) is 16.6 Å². The van der Waals surface area contributed by atoms with Gasteiger partial charge in [-0.25, -0.2) is 10.7 Å². The van der Waals surface area contributed by atoms with Crippen molar-refractivity contribution in [3.63, 3.8) is 0 Å². The van der Waals surface area contributed by atoms with Gasteiger partial charge in [0, 0.05) is 12.7 Å². The summed E-state index contributed by atoms with van der Waals surface area (Å²) < 4.78 is 6.31. The molecule has 0 aromatic carbocycles. The van der Waals surface area contributed by atoms with Crippen LogP contribution in [0.2, 0.25) is 0 Å². The molecule has 1 rings (SSSR count). The van der Waals surface area contributed by atoms with Crippen molar-refractivity contribution in [2.45, 2.75) is 13.0 Å². The summed E-state index contributed by atoms with van der Waals surface area (Å²) in [5, 5.41) is 0. The summed E-state index contributed by atoms with van der Waals surface area (Å²) in [6.07, 6.45) is -0.251. The zero-order valence-corrected chi connectivity index (χ0v) is 8.48. The SMILES string of the molecule is COC(=O)c1ccc(C(C)ON)n1C. The summed E-state index contributed by atoms with van der Waals surface area (Å²) in [4.78, 5) is 15.9. The second kappa shape index (κ2) is 4.26. The van der Waals surface area contributed by atoms with E-state index in [-0.39, 0.29) is 12.1 Å². The highest BCUT2D eigenvalue weighted by Gasteiger charge is 2.16. The van der Waals surface area contributed by atoms with E-state index in [2.05, 4.69) is 9.57 Å². The molecule has 78 valence electrons. The molecule has 0 radical (unpaired) electrons. The van der Waals surface area contributed by atoms with Crippen molar-refractivity contribution in [1.82, 2.24) is 4.57 Å². The maximum atomic E-state index is 11.2. The number of methoxy groups -OCH3 is 1. The van der Waals surface area contributed by atoms with Crippen molar-refractivity contribution in [2.24, 2.45) is 12.9 Å². The van der Waals surface area contributed by atoms with Gasteiger partial charge in [0.05, 0.1) is 7.11 Å². The topological polar surface area (TPSA) is 66.5 Å². The maximum absolute atomic E-state index is 11.2. The van der Waals surface area contributed by atoms with E-state index in [4.69, 9.17) is 5.90 Å². The molecule has 0 aliphatic carbocycles. The molecular formula is C9H14N2O3. The van der Waals surface area contributed by atoms with Crippen LogP contribution in [-0.4, -0.2) is 17.6 Å². The van der Waals surface area contributed by atoms with Gasteiger partial charge in [-0.15, -0.1) is 0 Å². The average Bonchev–Trinajstić information content (AvgIpc) is 2.58. The molecule has 0 aliphatic heterocycles. The van der Waals surface area contributed by atoms with E-state index in [1.54, 1.807) is 30.7 Å². The molecule has 0 saturated carbocycles. The molecule has 5 nitrogen and oxygen atoms in total. The minimum Gasteiger partial charge on any atom is -0.464 e. The molecule has 1 heterocycles. The quantitative estimate of drug-likeness (QED) is 0.575. The fraction of sp³-hybridized carbons (Fsp3) is 0.444. The van der Waals surface area contributed by atoms with Crippen LogP contribution in [0.15, 0.2) is 12.1 Å². The van der Waals surface area contributed by atoms with Crippen LogP contribution in [0, 0.1) is 0 Å². The largest absolute Gasteiger partial charge is 0.464 e. The number of nitrogens with zero attached hydrogens (tertiary/aromatic N) is 1. The second-order valence-electron chi connectivity index (χ2n) is 2.97. The molecular weight excluding hydrogens is 184 g/mol. The first kappa shape index (κ1) is 10.7. The van der Waals surface area contributed by atoms with E-state index in [9.17, 15) is 4.79 Å². The first-order chi connectivity index (χ1) is 6.61. The molecule has 1 atom stereocenters. The number of carbonyl (C=O) groups excluding carboxylic acids is 1. The van der Waals surface area contributed by atoms with Crippen molar-refractivity contribution in [3.8, 4) is 0 Å². The average molecular weight is 198 g/mol. The molecule has 0 amide bonds. The molecule has 0 bridgehead atoms. The number of hydrogen-bond acceptors (Lipinski definition) is 4. The van der Waals surface area contributed by atoms with E-state index in [1.165, 1.54) is 7.11 Å². The van der Waals surface area contributed by atoms with Gasteiger partial charge in [-0.3, -0.25) is 4.84 Å². The van der Waals surface area contributed by atoms with Gasteiger partial charge in [0.25, 0.3) is 0 Å². The molecule has 1 aromatic heterocycles. The van der Waals surface area contributed by atoms with E-state index in [0.29, 0.717) is 5.69 Å². The van der Waals surface area contributed by atoms with Crippen LogP contribution >= 0.6 is 0 Å². The Morgan fingerprint density at radius 1 is 1.57 bits per heavy atom. The standard InChI is InChI=1S/C9H14N2O3/c1-6(14-10)7-4-5-8(11(7)2)9(12)13-3/h4-6H,10H2,1-3H3. The highest BCUT2D eigenvalue weighted by Crippen LogP contribution is 2.17. The number of nitrogens with two attached hydrogens (primary N) is 1. The van der Waals surface area contributed by atoms with Gasteiger partial charge >= 0.3 is 5.97 Å². The molecule has 5 heteroatoms. The number of esters is 1. The summed E-state index contributed by atoms with van der Waals surface area (Å²) in [6, 6.07) is 3.46. The number of ether oxygens (including phenoxy) is 1. The van der Waals surface area contributed by atoms with Crippen LogP contribution in [0.5, 0.6) is 0 Å². The van der Waals surface area contributed by atoms with Crippen LogP contribution in [0.4, 0.5) is 0 Å². The van der Waals surface area contributed by atoms with Gasteiger partial charge in [-0.1, -0.05) is 0 Å². The normalized spacial score (nSPS) is 12.6. The van der Waals surface area contributed by atoms with Crippen LogP contribution in [0.1, 0.15) is 29.2 Å². The van der Waals surface area contributed by atoms with E-state index in [1.807, 2.05) is 0 Å². The lowest BCUT2D eigenvalue weighted by atomic mass is 10.3. The Morgan fingerprint density at radius 2 is 2.21 bits per heavy atom. The third-order valence-electron chi connectivity index (χ3n) is 2.18. The summed E-state index contributed by atoms with van der Waals surface area (Å²) in [7, 11) is 3.11. The highest BCUT2D eigenvalue weighted by molar-refractivity contribution is 5.87. The summed E-state index contributed by atoms with van der Waals surface area (Å²) in [5.41, 5.74) is 1.30.